The second-order valence-electron chi connectivity index (χ2n) is 3.52. The highest BCUT2D eigenvalue weighted by Gasteiger charge is 2.07. The lowest BCUT2D eigenvalue weighted by molar-refractivity contribution is 0.0924. The summed E-state index contributed by atoms with van der Waals surface area (Å²) in [6.07, 6.45) is -0.588. The fraction of sp³-hybridized carbons (Fsp3) is 0.364. The number of carbonyl (C=O) groups is 1. The van der Waals surface area contributed by atoms with Gasteiger partial charge in [-0.15, -0.1) is 0 Å². The van der Waals surface area contributed by atoms with Gasteiger partial charge in [0, 0.05) is 12.1 Å². The first kappa shape index (κ1) is 11.7. The second kappa shape index (κ2) is 4.89. The molecule has 0 saturated heterocycles. The molecular formula is C11H14FNO2. The number of carbonyl (C=O) groups excluding carboxylic acids is 1. The monoisotopic (exact) mass is 211 g/mol. The highest BCUT2D eigenvalue weighted by Crippen LogP contribution is 2.08. The molecule has 0 aromatic heterocycles. The van der Waals surface area contributed by atoms with Crippen molar-refractivity contribution < 1.29 is 14.3 Å². The minimum Gasteiger partial charge on any atom is -0.392 e. The predicted octanol–water partition coefficient (Wildman–Crippen LogP) is 1.24. The third-order valence-electron chi connectivity index (χ3n) is 1.98. The van der Waals surface area contributed by atoms with Gasteiger partial charge in [-0.1, -0.05) is 0 Å². The van der Waals surface area contributed by atoms with E-state index in [9.17, 15) is 9.18 Å². The number of aliphatic hydroxyl groups excluding tert-OH is 1. The topological polar surface area (TPSA) is 49.3 Å². The molecule has 0 unspecified atom stereocenters. The maximum Gasteiger partial charge on any atom is 0.251 e. The first-order chi connectivity index (χ1) is 7.00. The van der Waals surface area contributed by atoms with Crippen LogP contribution in [0.1, 0.15) is 22.8 Å². The van der Waals surface area contributed by atoms with E-state index < -0.39 is 6.10 Å². The Balaban J connectivity index is 2.70. The lowest BCUT2D eigenvalue weighted by atomic mass is 10.1. The summed E-state index contributed by atoms with van der Waals surface area (Å²) in [5.74, 6) is -0.638. The molecule has 1 rings (SSSR count). The summed E-state index contributed by atoms with van der Waals surface area (Å²) in [5, 5.41) is 11.5. The first-order valence-corrected chi connectivity index (χ1v) is 4.73. The van der Waals surface area contributed by atoms with Crippen molar-refractivity contribution >= 4 is 5.91 Å². The summed E-state index contributed by atoms with van der Waals surface area (Å²) in [4.78, 5) is 11.5. The van der Waals surface area contributed by atoms with Gasteiger partial charge in [-0.05, 0) is 37.6 Å². The number of halogens is 1. The molecule has 82 valence electrons. The van der Waals surface area contributed by atoms with E-state index in [1.54, 1.807) is 13.8 Å². The zero-order chi connectivity index (χ0) is 11.4. The lowest BCUT2D eigenvalue weighted by Gasteiger charge is -2.07. The van der Waals surface area contributed by atoms with Crippen LogP contribution in [0.5, 0.6) is 0 Å². The van der Waals surface area contributed by atoms with Crippen LogP contribution in [0.25, 0.3) is 0 Å². The Kier molecular flexibility index (Phi) is 3.80. The lowest BCUT2D eigenvalue weighted by Crippen LogP contribution is -2.30. The summed E-state index contributed by atoms with van der Waals surface area (Å²) in [7, 11) is 0. The van der Waals surface area contributed by atoms with Crippen molar-refractivity contribution in [1.29, 1.82) is 0 Å². The molecule has 0 saturated carbocycles. The molecule has 3 nitrogen and oxygen atoms in total. The number of nitrogens with one attached hydrogen (secondary N) is 1. The van der Waals surface area contributed by atoms with Crippen LogP contribution in [0, 0.1) is 12.7 Å². The van der Waals surface area contributed by atoms with Gasteiger partial charge in [0.05, 0.1) is 6.10 Å². The molecule has 2 N–H and O–H groups in total. The summed E-state index contributed by atoms with van der Waals surface area (Å²) in [6.45, 7) is 3.37. The van der Waals surface area contributed by atoms with E-state index in [2.05, 4.69) is 5.32 Å². The highest BCUT2D eigenvalue weighted by atomic mass is 19.1. The molecule has 0 bridgehead atoms. The van der Waals surface area contributed by atoms with Crippen molar-refractivity contribution in [3.05, 3.63) is 35.1 Å². The Bertz CT molecular complexity index is 364. The summed E-state index contributed by atoms with van der Waals surface area (Å²) >= 11 is 0. The van der Waals surface area contributed by atoms with E-state index in [1.807, 2.05) is 0 Å². The Hall–Kier alpha value is -1.42. The van der Waals surface area contributed by atoms with Gasteiger partial charge in [-0.2, -0.15) is 0 Å². The van der Waals surface area contributed by atoms with Crippen LogP contribution in [0.15, 0.2) is 18.2 Å². The van der Waals surface area contributed by atoms with Crippen LogP contribution in [0.4, 0.5) is 4.39 Å². The molecule has 1 amide bonds. The fourth-order valence-electron chi connectivity index (χ4n) is 1.13. The standard InChI is InChI=1S/C11H14FNO2/c1-7-5-9(3-4-10(7)12)11(15)13-6-8(2)14/h3-5,8,14H,6H2,1-2H3,(H,13,15)/t8-/m1/s1. The minimum absolute atomic E-state index is 0.190. The van der Waals surface area contributed by atoms with Gasteiger partial charge in [0.25, 0.3) is 5.91 Å². The van der Waals surface area contributed by atoms with E-state index in [1.165, 1.54) is 18.2 Å². The number of rotatable bonds is 3. The molecule has 0 aliphatic carbocycles. The Morgan fingerprint density at radius 3 is 2.80 bits per heavy atom. The zero-order valence-corrected chi connectivity index (χ0v) is 8.75. The Labute approximate surface area is 87.9 Å². The van der Waals surface area contributed by atoms with Crippen molar-refractivity contribution in [2.24, 2.45) is 0 Å². The van der Waals surface area contributed by atoms with Crippen LogP contribution >= 0.6 is 0 Å². The third kappa shape index (κ3) is 3.32. The van der Waals surface area contributed by atoms with Crippen molar-refractivity contribution in [2.75, 3.05) is 6.54 Å². The third-order valence-corrected chi connectivity index (χ3v) is 1.98. The zero-order valence-electron chi connectivity index (χ0n) is 8.75. The van der Waals surface area contributed by atoms with E-state index >= 15 is 0 Å². The molecule has 0 heterocycles. The van der Waals surface area contributed by atoms with Gasteiger partial charge in [0.15, 0.2) is 0 Å². The SMILES string of the molecule is Cc1cc(C(=O)NC[C@@H](C)O)ccc1F. The predicted molar refractivity (Wildman–Crippen MR) is 55.2 cm³/mol. The quantitative estimate of drug-likeness (QED) is 0.790. The van der Waals surface area contributed by atoms with Crippen molar-refractivity contribution in [3.8, 4) is 0 Å². The van der Waals surface area contributed by atoms with Crippen molar-refractivity contribution in [1.82, 2.24) is 5.32 Å². The molecule has 1 atom stereocenters. The normalized spacial score (nSPS) is 12.3. The van der Waals surface area contributed by atoms with E-state index in [0.717, 1.165) is 0 Å². The molecule has 0 spiro atoms. The van der Waals surface area contributed by atoms with Crippen LogP contribution in [-0.2, 0) is 0 Å². The molecule has 0 aliphatic rings. The van der Waals surface area contributed by atoms with Crippen molar-refractivity contribution in [3.63, 3.8) is 0 Å². The van der Waals surface area contributed by atoms with E-state index in [0.29, 0.717) is 11.1 Å². The smallest absolute Gasteiger partial charge is 0.251 e. The average Bonchev–Trinajstić information content (AvgIpc) is 2.18. The van der Waals surface area contributed by atoms with Gasteiger partial charge >= 0.3 is 0 Å². The van der Waals surface area contributed by atoms with E-state index in [4.69, 9.17) is 5.11 Å². The number of hydrogen-bond acceptors (Lipinski definition) is 2. The number of aryl methyl sites for hydroxylation is 1. The van der Waals surface area contributed by atoms with Crippen LogP contribution in [-0.4, -0.2) is 23.7 Å². The molecule has 0 radical (unpaired) electrons. The Morgan fingerprint density at radius 2 is 2.27 bits per heavy atom. The van der Waals surface area contributed by atoms with Crippen LogP contribution < -0.4 is 5.32 Å². The van der Waals surface area contributed by atoms with Gasteiger partial charge in [-0.25, -0.2) is 4.39 Å². The summed E-state index contributed by atoms with van der Waals surface area (Å²) < 4.78 is 12.9. The highest BCUT2D eigenvalue weighted by molar-refractivity contribution is 5.94. The molecule has 4 heteroatoms. The summed E-state index contributed by atoms with van der Waals surface area (Å²) in [5.41, 5.74) is 0.828. The maximum absolute atomic E-state index is 12.9. The largest absolute Gasteiger partial charge is 0.392 e. The van der Waals surface area contributed by atoms with E-state index in [-0.39, 0.29) is 18.3 Å². The number of hydrogen-bond donors (Lipinski definition) is 2. The van der Waals surface area contributed by atoms with Crippen molar-refractivity contribution in [2.45, 2.75) is 20.0 Å². The molecule has 1 aromatic carbocycles. The maximum atomic E-state index is 12.9. The number of aliphatic hydroxyl groups is 1. The van der Waals surface area contributed by atoms with Crippen LogP contribution in [0.2, 0.25) is 0 Å². The molecule has 15 heavy (non-hydrogen) atoms. The Morgan fingerprint density at radius 1 is 1.60 bits per heavy atom. The molecule has 0 fully saturated rings. The van der Waals surface area contributed by atoms with Gasteiger partial charge < -0.3 is 10.4 Å². The van der Waals surface area contributed by atoms with Gasteiger partial charge in [0.2, 0.25) is 0 Å². The minimum atomic E-state index is -0.588. The first-order valence-electron chi connectivity index (χ1n) is 4.73. The van der Waals surface area contributed by atoms with Gasteiger partial charge in [-0.3, -0.25) is 4.79 Å². The number of benzene rings is 1. The van der Waals surface area contributed by atoms with Crippen LogP contribution in [0.3, 0.4) is 0 Å². The molecule has 1 aromatic rings. The molecule has 0 aliphatic heterocycles. The average molecular weight is 211 g/mol. The van der Waals surface area contributed by atoms with Gasteiger partial charge in [0.1, 0.15) is 5.82 Å². The summed E-state index contributed by atoms with van der Waals surface area (Å²) in [6, 6.07) is 4.15. The fourth-order valence-corrected chi connectivity index (χ4v) is 1.13. The number of amides is 1. The second-order valence-corrected chi connectivity index (χ2v) is 3.52. The molecular weight excluding hydrogens is 197 g/mol.